The molecule has 0 aromatic rings. The van der Waals surface area contributed by atoms with E-state index >= 15 is 0 Å². The monoisotopic (exact) mass is 291 g/mol. The van der Waals surface area contributed by atoms with Crippen LogP contribution < -0.4 is 0 Å². The molecule has 1 saturated heterocycles. The smallest absolute Gasteiger partial charge is 0.248 e. The predicted molar refractivity (Wildman–Crippen MR) is 68.8 cm³/mol. The fourth-order valence-electron chi connectivity index (χ4n) is 1.71. The lowest BCUT2D eigenvalue weighted by atomic mass is 9.99. The van der Waals surface area contributed by atoms with Crippen molar-refractivity contribution in [2.45, 2.75) is 39.2 Å². The van der Waals surface area contributed by atoms with Gasteiger partial charge in [-0.25, -0.2) is 0 Å². The van der Waals surface area contributed by atoms with Gasteiger partial charge in [-0.3, -0.25) is 4.79 Å². The van der Waals surface area contributed by atoms with Crippen molar-refractivity contribution in [1.82, 2.24) is 4.90 Å². The van der Waals surface area contributed by atoms with E-state index in [9.17, 15) is 4.79 Å². The number of rotatable bonds is 3. The lowest BCUT2D eigenvalue weighted by Gasteiger charge is -2.32. The number of piperidine rings is 1. The van der Waals surface area contributed by atoms with Gasteiger partial charge in [0.1, 0.15) is 6.61 Å². The minimum atomic E-state index is -0.232. The van der Waals surface area contributed by atoms with E-state index in [-0.39, 0.29) is 18.1 Å². The van der Waals surface area contributed by atoms with Gasteiger partial charge in [0.25, 0.3) is 0 Å². The molecule has 0 spiro atoms. The Morgan fingerprint density at radius 3 is 2.38 bits per heavy atom. The molecule has 16 heavy (non-hydrogen) atoms. The highest BCUT2D eigenvalue weighted by Crippen LogP contribution is 2.19. The first-order valence-corrected chi connectivity index (χ1v) is 7.02. The third kappa shape index (κ3) is 4.83. The Hall–Kier alpha value is -0.0900. The summed E-state index contributed by atoms with van der Waals surface area (Å²) in [6.45, 7) is 7.87. The number of hydrogen-bond acceptors (Lipinski definition) is 2. The molecule has 0 unspecified atom stereocenters. The molecule has 0 aromatic carbocycles. The normalized spacial score (nSPS) is 18.9. The lowest BCUT2D eigenvalue weighted by Crippen LogP contribution is -2.41. The van der Waals surface area contributed by atoms with Crippen molar-refractivity contribution in [3.05, 3.63) is 0 Å². The highest BCUT2D eigenvalue weighted by Gasteiger charge is 2.23. The second-order valence-electron chi connectivity index (χ2n) is 5.38. The number of nitrogens with zero attached hydrogens (tertiary/aromatic N) is 1. The van der Waals surface area contributed by atoms with E-state index in [1.165, 1.54) is 0 Å². The lowest BCUT2D eigenvalue weighted by molar-refractivity contribution is -0.142. The molecular formula is C12H22BrNO2. The van der Waals surface area contributed by atoms with Crippen molar-refractivity contribution in [3.63, 3.8) is 0 Å². The molecule has 0 bridgehead atoms. The van der Waals surface area contributed by atoms with E-state index < -0.39 is 0 Å². The molecule has 1 aliphatic rings. The van der Waals surface area contributed by atoms with Crippen LogP contribution in [0.2, 0.25) is 0 Å². The maximum absolute atomic E-state index is 11.8. The summed E-state index contributed by atoms with van der Waals surface area (Å²) in [6, 6.07) is 0. The van der Waals surface area contributed by atoms with Crippen LogP contribution in [0.4, 0.5) is 0 Å². The number of hydrogen-bond donors (Lipinski definition) is 0. The molecule has 1 heterocycles. The Bertz CT molecular complexity index is 230. The molecule has 94 valence electrons. The zero-order chi connectivity index (χ0) is 12.2. The van der Waals surface area contributed by atoms with Gasteiger partial charge in [0, 0.05) is 18.4 Å². The number of likely N-dealkylation sites (tertiary alicyclic amines) is 1. The fourth-order valence-corrected chi connectivity index (χ4v) is 2.35. The molecule has 0 saturated carbocycles. The number of alkyl halides is 1. The largest absolute Gasteiger partial charge is 0.366 e. The van der Waals surface area contributed by atoms with Crippen LogP contribution in [0.3, 0.4) is 0 Å². The number of halogens is 1. The summed E-state index contributed by atoms with van der Waals surface area (Å²) < 4.78 is 5.50. The van der Waals surface area contributed by atoms with Gasteiger partial charge in [0.05, 0.1) is 5.60 Å². The topological polar surface area (TPSA) is 29.5 Å². The Labute approximate surface area is 107 Å². The minimum absolute atomic E-state index is 0.128. The molecule has 0 atom stereocenters. The maximum Gasteiger partial charge on any atom is 0.248 e. The number of carbonyl (C=O) groups excluding carboxylic acids is 1. The van der Waals surface area contributed by atoms with E-state index in [4.69, 9.17) is 4.74 Å². The van der Waals surface area contributed by atoms with Crippen LogP contribution in [-0.2, 0) is 9.53 Å². The van der Waals surface area contributed by atoms with Crippen molar-refractivity contribution < 1.29 is 9.53 Å². The zero-order valence-electron chi connectivity index (χ0n) is 10.5. The van der Waals surface area contributed by atoms with Crippen LogP contribution in [0.1, 0.15) is 33.6 Å². The molecule has 0 radical (unpaired) electrons. The Balaban J connectivity index is 2.28. The third-order valence-electron chi connectivity index (χ3n) is 2.81. The third-order valence-corrected chi connectivity index (χ3v) is 3.73. The van der Waals surface area contributed by atoms with Crippen molar-refractivity contribution in [1.29, 1.82) is 0 Å². The van der Waals surface area contributed by atoms with Crippen molar-refractivity contribution in [2.75, 3.05) is 25.0 Å². The highest BCUT2D eigenvalue weighted by molar-refractivity contribution is 9.09. The fraction of sp³-hybridized carbons (Fsp3) is 0.917. The Morgan fingerprint density at radius 2 is 1.94 bits per heavy atom. The highest BCUT2D eigenvalue weighted by atomic mass is 79.9. The standard InChI is InChI=1S/C12H22BrNO2/c1-12(2,3)16-9-11(15)14-6-4-10(8-13)5-7-14/h10H,4-9H2,1-3H3. The summed E-state index contributed by atoms with van der Waals surface area (Å²) in [5.41, 5.74) is -0.232. The van der Waals surface area contributed by atoms with Gasteiger partial charge in [-0.15, -0.1) is 0 Å². The average molecular weight is 292 g/mol. The van der Waals surface area contributed by atoms with Gasteiger partial charge in [-0.05, 0) is 39.5 Å². The number of amides is 1. The van der Waals surface area contributed by atoms with E-state index in [1.807, 2.05) is 25.7 Å². The predicted octanol–water partition coefficient (Wildman–Crippen LogP) is 2.44. The summed E-state index contributed by atoms with van der Waals surface area (Å²) >= 11 is 3.50. The summed E-state index contributed by atoms with van der Waals surface area (Å²) in [7, 11) is 0. The first kappa shape index (κ1) is 14.0. The van der Waals surface area contributed by atoms with E-state index in [0.29, 0.717) is 0 Å². The number of ether oxygens (including phenoxy) is 1. The second-order valence-corrected chi connectivity index (χ2v) is 6.03. The van der Waals surface area contributed by atoms with Crippen LogP contribution in [0.25, 0.3) is 0 Å². The average Bonchev–Trinajstić information content (AvgIpc) is 2.25. The Kier molecular flexibility index (Phi) is 5.25. The van der Waals surface area contributed by atoms with Crippen molar-refractivity contribution in [3.8, 4) is 0 Å². The zero-order valence-corrected chi connectivity index (χ0v) is 12.0. The van der Waals surface area contributed by atoms with Gasteiger partial charge < -0.3 is 9.64 Å². The molecule has 1 rings (SSSR count). The minimum Gasteiger partial charge on any atom is -0.366 e. The summed E-state index contributed by atoms with van der Waals surface area (Å²) in [4.78, 5) is 13.8. The van der Waals surface area contributed by atoms with Crippen LogP contribution in [-0.4, -0.2) is 41.4 Å². The van der Waals surface area contributed by atoms with Gasteiger partial charge in [0.15, 0.2) is 0 Å². The maximum atomic E-state index is 11.8. The van der Waals surface area contributed by atoms with Gasteiger partial charge in [-0.1, -0.05) is 15.9 Å². The van der Waals surface area contributed by atoms with E-state index in [2.05, 4.69) is 15.9 Å². The summed E-state index contributed by atoms with van der Waals surface area (Å²) in [5.74, 6) is 0.857. The van der Waals surface area contributed by atoms with Gasteiger partial charge in [0.2, 0.25) is 5.91 Å². The Morgan fingerprint density at radius 1 is 1.38 bits per heavy atom. The number of carbonyl (C=O) groups is 1. The molecule has 1 aliphatic heterocycles. The first-order valence-electron chi connectivity index (χ1n) is 5.90. The first-order chi connectivity index (χ1) is 7.42. The van der Waals surface area contributed by atoms with Crippen molar-refractivity contribution in [2.24, 2.45) is 5.92 Å². The summed E-state index contributed by atoms with van der Waals surface area (Å²) in [5, 5.41) is 1.05. The van der Waals surface area contributed by atoms with E-state index in [1.54, 1.807) is 0 Å². The van der Waals surface area contributed by atoms with Crippen LogP contribution in [0.5, 0.6) is 0 Å². The molecule has 0 aliphatic carbocycles. The molecule has 0 N–H and O–H groups in total. The second kappa shape index (κ2) is 6.01. The van der Waals surface area contributed by atoms with Crippen LogP contribution in [0.15, 0.2) is 0 Å². The molecule has 1 fully saturated rings. The summed E-state index contributed by atoms with van der Waals surface area (Å²) in [6.07, 6.45) is 2.21. The van der Waals surface area contributed by atoms with Crippen LogP contribution in [0, 0.1) is 5.92 Å². The molecule has 0 aromatic heterocycles. The molecule has 3 nitrogen and oxygen atoms in total. The van der Waals surface area contributed by atoms with E-state index in [0.717, 1.165) is 37.2 Å². The quantitative estimate of drug-likeness (QED) is 0.748. The van der Waals surface area contributed by atoms with Gasteiger partial charge >= 0.3 is 0 Å². The van der Waals surface area contributed by atoms with Gasteiger partial charge in [-0.2, -0.15) is 0 Å². The van der Waals surface area contributed by atoms with Crippen molar-refractivity contribution >= 4 is 21.8 Å². The van der Waals surface area contributed by atoms with Crippen LogP contribution >= 0.6 is 15.9 Å². The SMILES string of the molecule is CC(C)(C)OCC(=O)N1CCC(CBr)CC1. The molecule has 1 amide bonds. The molecule has 4 heteroatoms. The molecular weight excluding hydrogens is 270 g/mol.